The van der Waals surface area contributed by atoms with Crippen molar-refractivity contribution >= 4 is 46.1 Å². The van der Waals surface area contributed by atoms with E-state index in [0.717, 1.165) is 61.6 Å². The van der Waals surface area contributed by atoms with Gasteiger partial charge < -0.3 is 34.0 Å². The fraction of sp³-hybridized carbons (Fsp3) is 0.436. The van der Waals surface area contributed by atoms with Crippen LogP contribution in [0.5, 0.6) is 0 Å². The normalized spacial score (nSPS) is 15.5. The third-order valence-electron chi connectivity index (χ3n) is 9.55. The minimum Gasteiger partial charge on any atom is -0.478 e. The molecule has 2 aromatic rings. The van der Waals surface area contributed by atoms with Gasteiger partial charge >= 0.3 is 11.9 Å². The Morgan fingerprint density at radius 3 is 2.43 bits per heavy atom. The van der Waals surface area contributed by atoms with E-state index >= 15 is 0 Å². The summed E-state index contributed by atoms with van der Waals surface area (Å²) >= 11 is 5.70. The number of anilines is 1. The van der Waals surface area contributed by atoms with Crippen LogP contribution in [0.25, 0.3) is 33.4 Å². The van der Waals surface area contributed by atoms with Crippen LogP contribution >= 0.6 is 11.6 Å². The molecule has 3 heterocycles. The lowest BCUT2D eigenvalue weighted by atomic mass is 9.89. The monoisotopic (exact) mass is 718 g/mol. The molecule has 0 radical (unpaired) electrons. The number of carbonyl (C=O) groups is 3. The molecule has 4 aliphatic rings. The van der Waals surface area contributed by atoms with E-state index in [1.54, 1.807) is 6.07 Å². The van der Waals surface area contributed by atoms with Crippen molar-refractivity contribution in [3.8, 4) is 22.5 Å². The van der Waals surface area contributed by atoms with Crippen LogP contribution in [0.3, 0.4) is 0 Å². The van der Waals surface area contributed by atoms with Gasteiger partial charge in [0.2, 0.25) is 5.36 Å². The second-order valence-electron chi connectivity index (χ2n) is 13.0. The maximum absolute atomic E-state index is 13.3. The first-order valence-electron chi connectivity index (χ1n) is 17.7. The maximum Gasteiger partial charge on any atom is 0.336 e. The number of halogens is 1. The van der Waals surface area contributed by atoms with E-state index in [1.165, 1.54) is 19.2 Å². The second kappa shape index (κ2) is 17.2. The summed E-state index contributed by atoms with van der Waals surface area (Å²) in [5.74, 6) is -0.594. The summed E-state index contributed by atoms with van der Waals surface area (Å²) in [6.45, 7) is 5.20. The number of esters is 1. The Bertz CT molecular complexity index is 1910. The van der Waals surface area contributed by atoms with Gasteiger partial charge in [-0.15, -0.1) is 11.6 Å². The number of ether oxygens (including phenoxy) is 3. The van der Waals surface area contributed by atoms with E-state index in [0.29, 0.717) is 85.5 Å². The summed E-state index contributed by atoms with van der Waals surface area (Å²) in [5, 5.41) is 14.8. The molecule has 51 heavy (non-hydrogen) atoms. The number of methoxy groups -OCH3 is 1. The first kappa shape index (κ1) is 36.3. The lowest BCUT2D eigenvalue weighted by molar-refractivity contribution is -0.147. The van der Waals surface area contributed by atoms with Crippen molar-refractivity contribution in [2.45, 2.75) is 32.1 Å². The third kappa shape index (κ3) is 8.54. The summed E-state index contributed by atoms with van der Waals surface area (Å²) in [7, 11) is 1.39. The van der Waals surface area contributed by atoms with Crippen molar-refractivity contribution in [1.82, 2.24) is 9.89 Å². The molecule has 0 aromatic heterocycles. The molecule has 0 unspecified atom stereocenters. The van der Waals surface area contributed by atoms with Gasteiger partial charge in [-0.05, 0) is 61.2 Å². The van der Waals surface area contributed by atoms with Gasteiger partial charge in [0.25, 0.3) is 5.91 Å². The second-order valence-corrected chi connectivity index (χ2v) is 13.3. The standard InChI is InChI=1S/C39H44ClN3O8/c1-48-39(47)27-24-43(25-27)29-9-12-32-35(23-29)51-34-22-28(42-15-6-16-42)8-11-31(34)36(32)33-21-26(7-10-30(33)38(45)46)37(44)41-14-18-50-20-19-49-17-5-3-2-4-13-40/h7-12,21-23,27H,2-6,13-20,24-25H2,1H3,(H-,41,44,45,46)/p+1. The molecule has 6 rings (SSSR count). The van der Waals surface area contributed by atoms with Crippen molar-refractivity contribution in [3.63, 3.8) is 0 Å². The smallest absolute Gasteiger partial charge is 0.336 e. The average Bonchev–Trinajstić information content (AvgIpc) is 3.09. The maximum atomic E-state index is 13.3. The van der Waals surface area contributed by atoms with Gasteiger partial charge in [0.15, 0.2) is 19.0 Å². The molecule has 3 aliphatic heterocycles. The number of fused-ring (bicyclic) bond motifs is 2. The van der Waals surface area contributed by atoms with Crippen molar-refractivity contribution in [2.24, 2.45) is 5.92 Å². The Hall–Kier alpha value is -4.45. The predicted molar refractivity (Wildman–Crippen MR) is 196 cm³/mol. The predicted octanol–water partition coefficient (Wildman–Crippen LogP) is 5.25. The van der Waals surface area contributed by atoms with Crippen LogP contribution < -0.4 is 20.1 Å². The first-order chi connectivity index (χ1) is 24.9. The molecule has 11 nitrogen and oxygen atoms in total. The van der Waals surface area contributed by atoms with E-state index in [-0.39, 0.29) is 23.4 Å². The highest BCUT2D eigenvalue weighted by Gasteiger charge is 2.38. The third-order valence-corrected chi connectivity index (χ3v) is 9.82. The topological polar surface area (TPSA) is 131 Å². The highest BCUT2D eigenvalue weighted by molar-refractivity contribution is 6.17. The number of carbonyl (C=O) groups excluding carboxylic acids is 2. The molecule has 1 aliphatic carbocycles. The molecule has 12 heteroatoms. The van der Waals surface area contributed by atoms with Crippen LogP contribution in [0.15, 0.2) is 59.0 Å². The van der Waals surface area contributed by atoms with Crippen LogP contribution in [-0.2, 0) is 19.0 Å². The van der Waals surface area contributed by atoms with Crippen LogP contribution in [0.4, 0.5) is 5.69 Å². The Labute approximate surface area is 302 Å². The van der Waals surface area contributed by atoms with E-state index in [4.69, 9.17) is 30.2 Å². The zero-order chi connectivity index (χ0) is 35.7. The molecular weight excluding hydrogens is 674 g/mol. The minimum absolute atomic E-state index is 0.0716. The molecule has 0 spiro atoms. The van der Waals surface area contributed by atoms with Gasteiger partial charge in [-0.1, -0.05) is 12.8 Å². The zero-order valence-electron chi connectivity index (χ0n) is 29.0. The van der Waals surface area contributed by atoms with E-state index in [1.807, 2.05) is 36.4 Å². The van der Waals surface area contributed by atoms with E-state index in [9.17, 15) is 19.5 Å². The minimum atomic E-state index is -1.10. The van der Waals surface area contributed by atoms with Gasteiger partial charge in [-0.25, -0.2) is 9.37 Å². The molecule has 0 atom stereocenters. The Morgan fingerprint density at radius 1 is 0.922 bits per heavy atom. The summed E-state index contributed by atoms with van der Waals surface area (Å²) in [6.07, 6.45) is 5.35. The molecule has 2 N–H and O–H groups in total. The molecule has 2 aromatic carbocycles. The molecule has 2 saturated heterocycles. The highest BCUT2D eigenvalue weighted by atomic mass is 35.5. The van der Waals surface area contributed by atoms with Crippen LogP contribution in [0.2, 0.25) is 0 Å². The van der Waals surface area contributed by atoms with Crippen LogP contribution in [0, 0.1) is 5.92 Å². The number of benzene rings is 3. The lowest BCUT2D eigenvalue weighted by Gasteiger charge is -2.33. The number of unbranched alkanes of at least 4 members (excludes halogenated alkanes) is 3. The van der Waals surface area contributed by atoms with Gasteiger partial charge in [0.05, 0.1) is 38.6 Å². The van der Waals surface area contributed by atoms with Crippen molar-refractivity contribution in [3.05, 3.63) is 71.1 Å². The highest BCUT2D eigenvalue weighted by Crippen LogP contribution is 2.42. The zero-order valence-corrected chi connectivity index (χ0v) is 29.7. The van der Waals surface area contributed by atoms with E-state index in [2.05, 4.69) is 14.8 Å². The van der Waals surface area contributed by atoms with Crippen molar-refractivity contribution in [2.75, 3.05) is 77.0 Å². The van der Waals surface area contributed by atoms with Gasteiger partial charge in [-0.3, -0.25) is 9.59 Å². The summed E-state index contributed by atoms with van der Waals surface area (Å²) in [5.41, 5.74) is 3.82. The number of amides is 1. The lowest BCUT2D eigenvalue weighted by Crippen LogP contribution is -2.52. The molecule has 1 amide bonds. The number of carboxylic acids is 1. The largest absolute Gasteiger partial charge is 0.478 e. The van der Waals surface area contributed by atoms with Gasteiger partial charge in [0, 0.05) is 72.0 Å². The fourth-order valence-corrected chi connectivity index (χ4v) is 6.71. The summed E-state index contributed by atoms with van der Waals surface area (Å²) in [4.78, 5) is 40.2. The Balaban J connectivity index is 1.24. The number of hydrogen-bond donors (Lipinski definition) is 2. The average molecular weight is 719 g/mol. The number of nitrogens with zero attached hydrogens (tertiary/aromatic N) is 2. The number of nitrogens with one attached hydrogen (secondary N) is 1. The van der Waals surface area contributed by atoms with Gasteiger partial charge in [-0.2, -0.15) is 0 Å². The summed E-state index contributed by atoms with van der Waals surface area (Å²) in [6, 6.07) is 16.4. The van der Waals surface area contributed by atoms with Crippen LogP contribution in [-0.4, -0.2) is 95.1 Å². The molecule has 0 saturated carbocycles. The Kier molecular flexibility index (Phi) is 12.2. The number of carboxylic acid groups (broad SMARTS) is 1. The summed E-state index contributed by atoms with van der Waals surface area (Å²) < 4.78 is 24.7. The SMILES string of the molecule is COC(=O)C1C[N+](=c2ccc3c(-c4cc(C(=O)NCCOCCOCCCCCCCl)ccc4C(=O)O)c4ccc(N5CCC5)cc4oc-3c2)C1. The van der Waals surface area contributed by atoms with Crippen LogP contribution in [0.1, 0.15) is 52.8 Å². The number of aromatic carboxylic acids is 1. The fourth-order valence-electron chi connectivity index (χ4n) is 6.52. The first-order valence-corrected chi connectivity index (χ1v) is 18.2. The van der Waals surface area contributed by atoms with Gasteiger partial charge in [0.1, 0.15) is 11.3 Å². The number of alkyl halides is 1. The van der Waals surface area contributed by atoms with Crippen molar-refractivity contribution in [1.29, 1.82) is 0 Å². The van der Waals surface area contributed by atoms with Crippen molar-refractivity contribution < 1.29 is 38.1 Å². The number of rotatable bonds is 17. The quantitative estimate of drug-likeness (QED) is 0.0494. The van der Waals surface area contributed by atoms with E-state index < -0.39 is 5.97 Å². The molecular formula is C39H45ClN3O8+. The Morgan fingerprint density at radius 2 is 1.71 bits per heavy atom. The molecule has 0 bridgehead atoms. The molecule has 270 valence electrons. The number of hydrogen-bond acceptors (Lipinski definition) is 8. The molecule has 2 fully saturated rings.